The third-order valence-electron chi connectivity index (χ3n) is 4.78. The zero-order valence-electron chi connectivity index (χ0n) is 15.4. The lowest BCUT2D eigenvalue weighted by Crippen LogP contribution is -2.39. The molecule has 4 heteroatoms. The highest BCUT2D eigenvalue weighted by Gasteiger charge is 2.20. The van der Waals surface area contributed by atoms with Gasteiger partial charge in [0.05, 0.1) is 6.04 Å². The van der Waals surface area contributed by atoms with Crippen molar-refractivity contribution in [2.24, 2.45) is 0 Å². The second-order valence-electron chi connectivity index (χ2n) is 6.57. The Labute approximate surface area is 149 Å². The number of likely N-dealkylation sites (N-methyl/N-ethyl adjacent to an activating group) is 1. The third-order valence-corrected chi connectivity index (χ3v) is 4.78. The molecular formula is C21H27FN2O. The molecule has 2 rings (SSSR count). The maximum Gasteiger partial charge on any atom is 0.241 e. The molecule has 0 heterocycles. The average Bonchev–Trinajstić information content (AvgIpc) is 2.62. The summed E-state index contributed by atoms with van der Waals surface area (Å²) in [7, 11) is 1.83. The first-order chi connectivity index (χ1) is 11.9. The Morgan fingerprint density at radius 3 is 2.44 bits per heavy atom. The smallest absolute Gasteiger partial charge is 0.241 e. The fraction of sp³-hybridized carbons (Fsp3) is 0.381. The molecule has 134 valence electrons. The van der Waals surface area contributed by atoms with Crippen molar-refractivity contribution in [1.29, 1.82) is 0 Å². The minimum Gasteiger partial charge on any atom is -0.324 e. The molecule has 0 radical (unpaired) electrons. The van der Waals surface area contributed by atoms with Gasteiger partial charge in [-0.25, -0.2) is 4.39 Å². The second kappa shape index (κ2) is 8.77. The molecule has 0 fully saturated rings. The summed E-state index contributed by atoms with van der Waals surface area (Å²) < 4.78 is 13.8. The number of benzene rings is 2. The number of amides is 1. The normalized spacial score (nSPS) is 13.5. The molecular weight excluding hydrogens is 315 g/mol. The molecule has 2 aromatic carbocycles. The Morgan fingerprint density at radius 2 is 1.76 bits per heavy atom. The lowest BCUT2D eigenvalue weighted by Gasteiger charge is -2.25. The molecule has 0 saturated heterocycles. The van der Waals surface area contributed by atoms with E-state index in [1.54, 1.807) is 18.2 Å². The molecule has 2 unspecified atom stereocenters. The predicted molar refractivity (Wildman–Crippen MR) is 101 cm³/mol. The van der Waals surface area contributed by atoms with E-state index < -0.39 is 0 Å². The first-order valence-corrected chi connectivity index (χ1v) is 8.77. The van der Waals surface area contributed by atoms with Crippen molar-refractivity contribution < 1.29 is 9.18 Å². The monoisotopic (exact) mass is 342 g/mol. The number of nitrogens with zero attached hydrogens (tertiary/aromatic N) is 1. The van der Waals surface area contributed by atoms with E-state index >= 15 is 0 Å². The molecule has 0 aliphatic rings. The van der Waals surface area contributed by atoms with Crippen LogP contribution in [0.15, 0.2) is 48.5 Å². The lowest BCUT2D eigenvalue weighted by molar-refractivity contribution is -0.120. The number of hydrogen-bond acceptors (Lipinski definition) is 2. The minimum atomic E-state index is -0.371. The van der Waals surface area contributed by atoms with Crippen LogP contribution in [-0.4, -0.2) is 23.9 Å². The van der Waals surface area contributed by atoms with Gasteiger partial charge in [-0.05, 0) is 44.0 Å². The summed E-state index contributed by atoms with van der Waals surface area (Å²) in [5.74, 6) is 0.0432. The zero-order valence-corrected chi connectivity index (χ0v) is 15.4. The van der Waals surface area contributed by atoms with Crippen LogP contribution in [0.2, 0.25) is 0 Å². The molecule has 0 aliphatic carbocycles. The first kappa shape index (κ1) is 19.1. The zero-order chi connectivity index (χ0) is 18.4. The van der Waals surface area contributed by atoms with E-state index in [1.807, 2.05) is 37.1 Å². The largest absolute Gasteiger partial charge is 0.324 e. The molecule has 2 aromatic rings. The van der Waals surface area contributed by atoms with E-state index in [0.717, 1.165) is 17.7 Å². The van der Waals surface area contributed by atoms with E-state index in [0.29, 0.717) is 18.0 Å². The molecule has 1 amide bonds. The standard InChI is InChI=1S/C21H27FN2O/c1-5-15(2)18-11-7-9-13-20(18)23-21(25)16(3)24(4)14-17-10-6-8-12-19(17)22/h6-13,15-16H,5,14H2,1-4H3,(H,23,25). The first-order valence-electron chi connectivity index (χ1n) is 8.77. The number of para-hydroxylation sites is 1. The van der Waals surface area contributed by atoms with Crippen molar-refractivity contribution in [3.05, 3.63) is 65.5 Å². The summed E-state index contributed by atoms with van der Waals surface area (Å²) in [6.07, 6.45) is 1.01. The number of nitrogens with one attached hydrogen (secondary N) is 1. The van der Waals surface area contributed by atoms with Crippen molar-refractivity contribution in [3.8, 4) is 0 Å². The van der Waals surface area contributed by atoms with Crippen LogP contribution in [0.1, 0.15) is 44.2 Å². The fourth-order valence-electron chi connectivity index (χ4n) is 2.73. The van der Waals surface area contributed by atoms with Gasteiger partial charge >= 0.3 is 0 Å². The van der Waals surface area contributed by atoms with E-state index in [-0.39, 0.29) is 17.8 Å². The van der Waals surface area contributed by atoms with Gasteiger partial charge in [-0.2, -0.15) is 0 Å². The molecule has 2 atom stereocenters. The Hall–Kier alpha value is -2.20. The quantitative estimate of drug-likeness (QED) is 0.784. The fourth-order valence-corrected chi connectivity index (χ4v) is 2.73. The third kappa shape index (κ3) is 4.89. The van der Waals surface area contributed by atoms with Crippen molar-refractivity contribution in [1.82, 2.24) is 4.90 Å². The van der Waals surface area contributed by atoms with Crippen LogP contribution in [0.25, 0.3) is 0 Å². The summed E-state index contributed by atoms with van der Waals surface area (Å²) in [6.45, 7) is 6.50. The van der Waals surface area contributed by atoms with Crippen LogP contribution in [0, 0.1) is 5.82 Å². The Balaban J connectivity index is 2.07. The van der Waals surface area contributed by atoms with Gasteiger partial charge in [0.25, 0.3) is 0 Å². The van der Waals surface area contributed by atoms with Gasteiger partial charge < -0.3 is 5.32 Å². The number of halogens is 1. The maximum atomic E-state index is 13.8. The van der Waals surface area contributed by atoms with Crippen LogP contribution in [0.5, 0.6) is 0 Å². The van der Waals surface area contributed by atoms with Crippen molar-refractivity contribution in [2.45, 2.75) is 45.7 Å². The molecule has 0 aliphatic heterocycles. The van der Waals surface area contributed by atoms with Crippen LogP contribution in [0.3, 0.4) is 0 Å². The molecule has 0 aromatic heterocycles. The maximum absolute atomic E-state index is 13.8. The van der Waals surface area contributed by atoms with E-state index in [9.17, 15) is 9.18 Å². The van der Waals surface area contributed by atoms with Crippen LogP contribution >= 0.6 is 0 Å². The van der Waals surface area contributed by atoms with E-state index in [4.69, 9.17) is 0 Å². The molecule has 0 saturated carbocycles. The Morgan fingerprint density at radius 1 is 1.12 bits per heavy atom. The average molecular weight is 342 g/mol. The molecule has 25 heavy (non-hydrogen) atoms. The van der Waals surface area contributed by atoms with Gasteiger partial charge in [-0.1, -0.05) is 50.2 Å². The van der Waals surface area contributed by atoms with Crippen molar-refractivity contribution in [3.63, 3.8) is 0 Å². The molecule has 3 nitrogen and oxygen atoms in total. The van der Waals surface area contributed by atoms with Gasteiger partial charge in [0.2, 0.25) is 5.91 Å². The topological polar surface area (TPSA) is 32.3 Å². The summed E-state index contributed by atoms with van der Waals surface area (Å²) in [6, 6.07) is 14.2. The number of carbonyl (C=O) groups is 1. The summed E-state index contributed by atoms with van der Waals surface area (Å²) in [5, 5.41) is 3.03. The summed E-state index contributed by atoms with van der Waals surface area (Å²) in [5.41, 5.74) is 2.58. The van der Waals surface area contributed by atoms with Gasteiger partial charge in [-0.3, -0.25) is 9.69 Å². The molecule has 0 bridgehead atoms. The van der Waals surface area contributed by atoms with Crippen LogP contribution in [0.4, 0.5) is 10.1 Å². The second-order valence-corrected chi connectivity index (χ2v) is 6.57. The Bertz CT molecular complexity index is 717. The highest BCUT2D eigenvalue weighted by molar-refractivity contribution is 5.95. The highest BCUT2D eigenvalue weighted by Crippen LogP contribution is 2.26. The highest BCUT2D eigenvalue weighted by atomic mass is 19.1. The minimum absolute atomic E-state index is 0.0883. The van der Waals surface area contributed by atoms with Crippen LogP contribution in [-0.2, 0) is 11.3 Å². The van der Waals surface area contributed by atoms with Gasteiger partial charge in [-0.15, -0.1) is 0 Å². The lowest BCUT2D eigenvalue weighted by atomic mass is 9.97. The van der Waals surface area contributed by atoms with E-state index in [1.165, 1.54) is 6.07 Å². The number of anilines is 1. The van der Waals surface area contributed by atoms with Gasteiger partial charge in [0, 0.05) is 17.8 Å². The molecule has 0 spiro atoms. The molecule has 1 N–H and O–H groups in total. The number of rotatable bonds is 7. The van der Waals surface area contributed by atoms with Gasteiger partial charge in [0.1, 0.15) is 5.82 Å². The SMILES string of the molecule is CCC(C)c1ccccc1NC(=O)C(C)N(C)Cc1ccccc1F. The predicted octanol–water partition coefficient (Wildman–Crippen LogP) is 4.80. The number of carbonyl (C=O) groups excluding carboxylic acids is 1. The number of hydrogen-bond donors (Lipinski definition) is 1. The summed E-state index contributed by atoms with van der Waals surface area (Å²) >= 11 is 0. The Kier molecular flexibility index (Phi) is 6.71. The summed E-state index contributed by atoms with van der Waals surface area (Å²) in [4.78, 5) is 14.5. The van der Waals surface area contributed by atoms with Crippen molar-refractivity contribution in [2.75, 3.05) is 12.4 Å². The van der Waals surface area contributed by atoms with Crippen molar-refractivity contribution >= 4 is 11.6 Å². The van der Waals surface area contributed by atoms with E-state index in [2.05, 4.69) is 25.2 Å². The van der Waals surface area contributed by atoms with Crippen LogP contribution < -0.4 is 5.32 Å². The van der Waals surface area contributed by atoms with Gasteiger partial charge in [0.15, 0.2) is 0 Å².